The maximum absolute atomic E-state index is 5.41. The Morgan fingerprint density at radius 1 is 1.05 bits per heavy atom. The van der Waals surface area contributed by atoms with Gasteiger partial charge in [0.05, 0.1) is 0 Å². The van der Waals surface area contributed by atoms with Crippen LogP contribution in [-0.2, 0) is 0 Å². The van der Waals surface area contributed by atoms with Crippen LogP contribution in [0.2, 0.25) is 0 Å². The van der Waals surface area contributed by atoms with Gasteiger partial charge in [0.1, 0.15) is 0 Å². The zero-order chi connectivity index (χ0) is 15.4. The number of hydrogen-bond acceptors (Lipinski definition) is 7. The zero-order valence-corrected chi connectivity index (χ0v) is 12.8. The van der Waals surface area contributed by atoms with Gasteiger partial charge in [0, 0.05) is 19.8 Å². The molecule has 1 aromatic carbocycles. The van der Waals surface area contributed by atoms with Gasteiger partial charge in [-0.3, -0.25) is 5.43 Å². The number of anilines is 4. The lowest BCUT2D eigenvalue weighted by Crippen LogP contribution is -2.18. The minimum Gasteiger partial charge on any atom is -0.347 e. The second-order valence-corrected chi connectivity index (χ2v) is 5.19. The molecule has 0 saturated carbocycles. The van der Waals surface area contributed by atoms with Gasteiger partial charge < -0.3 is 10.2 Å². The molecule has 4 N–H and O–H groups in total. The van der Waals surface area contributed by atoms with Gasteiger partial charge in [0.25, 0.3) is 0 Å². The van der Waals surface area contributed by atoms with E-state index in [0.717, 1.165) is 5.69 Å². The second-order valence-electron chi connectivity index (χ2n) is 5.19. The molecule has 1 aromatic heterocycles. The fraction of sp³-hybridized carbons (Fsp3) is 0.357. The van der Waals surface area contributed by atoms with Crippen LogP contribution in [0.5, 0.6) is 0 Å². The Labute approximate surface area is 124 Å². The predicted molar refractivity (Wildman–Crippen MR) is 85.8 cm³/mol. The first-order valence-corrected chi connectivity index (χ1v) is 6.77. The summed E-state index contributed by atoms with van der Waals surface area (Å²) >= 11 is 0. The number of hydrazine groups is 1. The van der Waals surface area contributed by atoms with E-state index in [1.54, 1.807) is 4.90 Å². The number of para-hydroxylation sites is 1. The molecule has 0 radical (unpaired) electrons. The number of nitrogens with one attached hydrogen (secondary N) is 2. The number of nitrogen functional groups attached to an aromatic ring is 1. The SMILES string of the molecule is CC(C)c1ccccc1Nc1nc(NN)nc(N(C)C)n1. The van der Waals surface area contributed by atoms with E-state index in [0.29, 0.717) is 23.8 Å². The Morgan fingerprint density at radius 2 is 1.71 bits per heavy atom. The van der Waals surface area contributed by atoms with Gasteiger partial charge in [-0.25, -0.2) is 5.84 Å². The molecule has 2 aromatic rings. The number of nitrogens with zero attached hydrogens (tertiary/aromatic N) is 4. The maximum Gasteiger partial charge on any atom is 0.243 e. The molecule has 21 heavy (non-hydrogen) atoms. The van der Waals surface area contributed by atoms with E-state index in [1.165, 1.54) is 5.56 Å². The van der Waals surface area contributed by atoms with Crippen molar-refractivity contribution >= 4 is 23.5 Å². The minimum absolute atomic E-state index is 0.318. The van der Waals surface area contributed by atoms with E-state index in [9.17, 15) is 0 Å². The van der Waals surface area contributed by atoms with Crippen LogP contribution in [0, 0.1) is 0 Å². The number of aromatic nitrogens is 3. The molecule has 0 aliphatic heterocycles. The number of benzene rings is 1. The van der Waals surface area contributed by atoms with E-state index in [-0.39, 0.29) is 0 Å². The van der Waals surface area contributed by atoms with Gasteiger partial charge >= 0.3 is 0 Å². The topological polar surface area (TPSA) is 92.0 Å². The smallest absolute Gasteiger partial charge is 0.243 e. The van der Waals surface area contributed by atoms with Crippen LogP contribution in [-0.4, -0.2) is 29.0 Å². The van der Waals surface area contributed by atoms with Gasteiger partial charge in [-0.1, -0.05) is 32.0 Å². The maximum atomic E-state index is 5.41. The molecule has 0 aliphatic carbocycles. The minimum atomic E-state index is 0.318. The summed E-state index contributed by atoms with van der Waals surface area (Å²) in [7, 11) is 3.73. The highest BCUT2D eigenvalue weighted by Crippen LogP contribution is 2.26. The Morgan fingerprint density at radius 3 is 2.33 bits per heavy atom. The largest absolute Gasteiger partial charge is 0.347 e. The molecule has 0 aliphatic rings. The summed E-state index contributed by atoms with van der Waals surface area (Å²) in [5, 5.41) is 3.24. The van der Waals surface area contributed by atoms with Crippen molar-refractivity contribution in [3.63, 3.8) is 0 Å². The number of hydrogen-bond donors (Lipinski definition) is 3. The molecule has 0 amide bonds. The van der Waals surface area contributed by atoms with Crippen LogP contribution in [0.3, 0.4) is 0 Å². The monoisotopic (exact) mass is 287 g/mol. The Kier molecular flexibility index (Phi) is 4.54. The third kappa shape index (κ3) is 3.57. The van der Waals surface area contributed by atoms with Crippen LogP contribution in [0.25, 0.3) is 0 Å². The zero-order valence-electron chi connectivity index (χ0n) is 12.8. The summed E-state index contributed by atoms with van der Waals surface area (Å²) < 4.78 is 0. The van der Waals surface area contributed by atoms with Crippen molar-refractivity contribution in [2.75, 3.05) is 29.7 Å². The van der Waals surface area contributed by atoms with Crippen molar-refractivity contribution in [2.24, 2.45) is 5.84 Å². The first kappa shape index (κ1) is 15.0. The average molecular weight is 287 g/mol. The van der Waals surface area contributed by atoms with Crippen molar-refractivity contribution in [1.82, 2.24) is 15.0 Å². The van der Waals surface area contributed by atoms with Crippen molar-refractivity contribution < 1.29 is 0 Å². The molecule has 0 spiro atoms. The summed E-state index contributed by atoms with van der Waals surface area (Å²) in [6.45, 7) is 4.29. The summed E-state index contributed by atoms with van der Waals surface area (Å²) in [5.41, 5.74) is 4.64. The lowest BCUT2D eigenvalue weighted by molar-refractivity contribution is 0.867. The van der Waals surface area contributed by atoms with Crippen molar-refractivity contribution in [3.05, 3.63) is 29.8 Å². The number of nitrogens with two attached hydrogens (primary N) is 1. The van der Waals surface area contributed by atoms with Gasteiger partial charge in [-0.05, 0) is 17.5 Å². The Bertz CT molecular complexity index is 610. The Hall–Kier alpha value is -2.41. The molecular weight excluding hydrogens is 266 g/mol. The highest BCUT2D eigenvalue weighted by Gasteiger charge is 2.10. The molecule has 7 heteroatoms. The van der Waals surface area contributed by atoms with Crippen LogP contribution in [0.15, 0.2) is 24.3 Å². The molecule has 1 heterocycles. The molecule has 112 valence electrons. The normalized spacial score (nSPS) is 10.6. The van der Waals surface area contributed by atoms with E-state index in [2.05, 4.69) is 45.6 Å². The summed E-state index contributed by atoms with van der Waals surface area (Å²) in [4.78, 5) is 14.6. The standard InChI is InChI=1S/C14H21N7/c1-9(2)10-7-5-6-8-11(10)16-12-17-13(20-15)19-14(18-12)21(3)4/h5-9H,15H2,1-4H3,(H2,16,17,18,19,20). The van der Waals surface area contributed by atoms with Crippen molar-refractivity contribution in [2.45, 2.75) is 19.8 Å². The molecule has 7 nitrogen and oxygen atoms in total. The first-order chi connectivity index (χ1) is 10.0. The van der Waals surface area contributed by atoms with Crippen LogP contribution in [0.4, 0.5) is 23.5 Å². The predicted octanol–water partition coefficient (Wildman–Crippen LogP) is 2.09. The molecule has 0 atom stereocenters. The van der Waals surface area contributed by atoms with Gasteiger partial charge in [-0.15, -0.1) is 0 Å². The quantitative estimate of drug-likeness (QED) is 0.573. The summed E-state index contributed by atoms with van der Waals surface area (Å²) in [5.74, 6) is 7.11. The first-order valence-electron chi connectivity index (χ1n) is 6.77. The molecule has 0 fully saturated rings. The van der Waals surface area contributed by atoms with Crippen LogP contribution in [0.1, 0.15) is 25.3 Å². The molecule has 0 saturated heterocycles. The van der Waals surface area contributed by atoms with Crippen molar-refractivity contribution in [1.29, 1.82) is 0 Å². The van der Waals surface area contributed by atoms with E-state index in [1.807, 2.05) is 32.3 Å². The third-order valence-electron chi connectivity index (χ3n) is 2.98. The van der Waals surface area contributed by atoms with Gasteiger partial charge in [-0.2, -0.15) is 15.0 Å². The summed E-state index contributed by atoms with van der Waals surface area (Å²) in [6, 6.07) is 8.09. The van der Waals surface area contributed by atoms with Gasteiger partial charge in [0.15, 0.2) is 0 Å². The molecular formula is C14H21N7. The van der Waals surface area contributed by atoms with Crippen LogP contribution < -0.4 is 21.5 Å². The van der Waals surface area contributed by atoms with E-state index in [4.69, 9.17) is 5.84 Å². The lowest BCUT2D eigenvalue weighted by Gasteiger charge is -2.16. The lowest BCUT2D eigenvalue weighted by atomic mass is 10.0. The fourth-order valence-corrected chi connectivity index (χ4v) is 1.92. The van der Waals surface area contributed by atoms with E-state index < -0.39 is 0 Å². The van der Waals surface area contributed by atoms with Crippen LogP contribution >= 0.6 is 0 Å². The fourth-order valence-electron chi connectivity index (χ4n) is 1.92. The second kappa shape index (κ2) is 6.36. The van der Waals surface area contributed by atoms with Gasteiger partial charge in [0.2, 0.25) is 17.8 Å². The number of rotatable bonds is 5. The molecule has 2 rings (SSSR count). The Balaban J connectivity index is 2.37. The molecule has 0 unspecified atom stereocenters. The third-order valence-corrected chi connectivity index (χ3v) is 2.98. The highest BCUT2D eigenvalue weighted by molar-refractivity contribution is 5.60. The van der Waals surface area contributed by atoms with E-state index >= 15 is 0 Å². The highest BCUT2D eigenvalue weighted by atomic mass is 15.4. The average Bonchev–Trinajstić information content (AvgIpc) is 2.47. The van der Waals surface area contributed by atoms with Crippen molar-refractivity contribution in [3.8, 4) is 0 Å². The summed E-state index contributed by atoms with van der Waals surface area (Å²) in [6.07, 6.45) is 0. The molecule has 0 bridgehead atoms.